The largest absolute Gasteiger partial charge is 0.478 e. The van der Waals surface area contributed by atoms with Gasteiger partial charge in [-0.3, -0.25) is 0 Å². The molecule has 0 radical (unpaired) electrons. The Balaban J connectivity index is 2.28. The third kappa shape index (κ3) is 2.28. The minimum atomic E-state index is -1.01. The number of carboxylic acids is 1. The Bertz CT molecular complexity index is 870. The molecule has 106 valence electrons. The van der Waals surface area contributed by atoms with Crippen molar-refractivity contribution in [2.75, 3.05) is 0 Å². The number of carboxylic acid groups (broad SMARTS) is 1. The Morgan fingerprint density at radius 1 is 1.24 bits per heavy atom. The van der Waals surface area contributed by atoms with Crippen LogP contribution in [0.15, 0.2) is 42.6 Å². The Kier molecular flexibility index (Phi) is 3.18. The van der Waals surface area contributed by atoms with E-state index in [4.69, 9.17) is 11.6 Å². The van der Waals surface area contributed by atoms with E-state index in [9.17, 15) is 14.3 Å². The predicted octanol–water partition coefficient (Wildman–Crippen LogP) is 4.34. The van der Waals surface area contributed by atoms with Crippen molar-refractivity contribution in [3.8, 4) is 11.1 Å². The molecule has 0 aliphatic carbocycles. The zero-order valence-corrected chi connectivity index (χ0v) is 11.9. The molecule has 1 N–H and O–H groups in total. The Labute approximate surface area is 125 Å². The van der Waals surface area contributed by atoms with Crippen LogP contribution in [0, 0.1) is 5.82 Å². The van der Waals surface area contributed by atoms with Gasteiger partial charge in [0.05, 0.1) is 5.56 Å². The number of nitrogens with zero attached hydrogens (tertiary/aromatic N) is 1. The van der Waals surface area contributed by atoms with Crippen LogP contribution in [0.3, 0.4) is 0 Å². The quantitative estimate of drug-likeness (QED) is 0.765. The van der Waals surface area contributed by atoms with Crippen LogP contribution in [-0.4, -0.2) is 15.6 Å². The predicted molar refractivity (Wildman–Crippen MR) is 80.3 cm³/mol. The average Bonchev–Trinajstić information content (AvgIpc) is 2.78. The first-order valence-corrected chi connectivity index (χ1v) is 6.63. The van der Waals surface area contributed by atoms with Gasteiger partial charge in [-0.1, -0.05) is 17.7 Å². The van der Waals surface area contributed by atoms with E-state index in [1.807, 2.05) is 0 Å². The van der Waals surface area contributed by atoms with Crippen molar-refractivity contribution < 1.29 is 14.3 Å². The van der Waals surface area contributed by atoms with E-state index in [1.165, 1.54) is 18.2 Å². The van der Waals surface area contributed by atoms with Crippen LogP contribution in [0.1, 0.15) is 10.4 Å². The maximum atomic E-state index is 13.9. The standard InChI is InChI=1S/C16H11ClFNO2/c1-19-8-13(16(20)21)12-6-9(2-5-15(12)19)11-7-10(17)3-4-14(11)18/h2-8H,1H3,(H,20,21). The van der Waals surface area contributed by atoms with Crippen molar-refractivity contribution in [1.29, 1.82) is 0 Å². The normalized spacial score (nSPS) is 11.0. The van der Waals surface area contributed by atoms with Gasteiger partial charge in [0.15, 0.2) is 0 Å². The zero-order valence-electron chi connectivity index (χ0n) is 11.1. The molecular formula is C16H11ClFNO2. The average molecular weight is 304 g/mol. The lowest BCUT2D eigenvalue weighted by atomic mass is 10.0. The summed E-state index contributed by atoms with van der Waals surface area (Å²) in [7, 11) is 1.77. The van der Waals surface area contributed by atoms with Crippen molar-refractivity contribution in [3.05, 3.63) is 59.0 Å². The molecule has 0 saturated carbocycles. The zero-order chi connectivity index (χ0) is 15.1. The molecule has 3 aromatic rings. The van der Waals surface area contributed by atoms with Crippen molar-refractivity contribution in [2.45, 2.75) is 0 Å². The van der Waals surface area contributed by atoms with Gasteiger partial charge in [0, 0.05) is 34.7 Å². The molecule has 3 rings (SSSR count). The molecule has 0 spiro atoms. The molecule has 0 unspecified atom stereocenters. The van der Waals surface area contributed by atoms with E-state index >= 15 is 0 Å². The summed E-state index contributed by atoms with van der Waals surface area (Å²) >= 11 is 5.91. The number of hydrogen-bond acceptors (Lipinski definition) is 1. The molecule has 5 heteroatoms. The van der Waals surface area contributed by atoms with E-state index in [-0.39, 0.29) is 5.56 Å². The van der Waals surface area contributed by atoms with Crippen molar-refractivity contribution in [1.82, 2.24) is 4.57 Å². The van der Waals surface area contributed by atoms with Crippen LogP contribution in [0.5, 0.6) is 0 Å². The fourth-order valence-electron chi connectivity index (χ4n) is 2.45. The first kappa shape index (κ1) is 13.6. The summed E-state index contributed by atoms with van der Waals surface area (Å²) in [4.78, 5) is 11.3. The van der Waals surface area contributed by atoms with Crippen molar-refractivity contribution in [2.24, 2.45) is 7.05 Å². The van der Waals surface area contributed by atoms with Crippen molar-refractivity contribution >= 4 is 28.5 Å². The number of carbonyl (C=O) groups is 1. The third-order valence-electron chi connectivity index (χ3n) is 3.46. The second kappa shape index (κ2) is 4.90. The van der Waals surface area contributed by atoms with Crippen LogP contribution >= 0.6 is 11.6 Å². The van der Waals surface area contributed by atoms with Gasteiger partial charge in [0.25, 0.3) is 0 Å². The van der Waals surface area contributed by atoms with Gasteiger partial charge in [-0.2, -0.15) is 0 Å². The van der Waals surface area contributed by atoms with Crippen molar-refractivity contribution in [3.63, 3.8) is 0 Å². The molecule has 0 aliphatic rings. The van der Waals surface area contributed by atoms with Gasteiger partial charge < -0.3 is 9.67 Å². The number of aromatic nitrogens is 1. The number of fused-ring (bicyclic) bond motifs is 1. The fraction of sp³-hybridized carbons (Fsp3) is 0.0625. The lowest BCUT2D eigenvalue weighted by Gasteiger charge is -2.05. The lowest BCUT2D eigenvalue weighted by Crippen LogP contribution is -1.94. The SMILES string of the molecule is Cn1cc(C(=O)O)c2cc(-c3cc(Cl)ccc3F)ccc21. The number of aryl methyl sites for hydroxylation is 1. The maximum absolute atomic E-state index is 13.9. The third-order valence-corrected chi connectivity index (χ3v) is 3.69. The van der Waals surface area contributed by atoms with Crippen LogP contribution < -0.4 is 0 Å². The number of aromatic carboxylic acids is 1. The fourth-order valence-corrected chi connectivity index (χ4v) is 2.62. The van der Waals surface area contributed by atoms with Gasteiger partial charge in [-0.05, 0) is 35.9 Å². The Morgan fingerprint density at radius 3 is 2.71 bits per heavy atom. The molecule has 0 saturated heterocycles. The van der Waals surface area contributed by atoms with E-state index in [2.05, 4.69) is 0 Å². The summed E-state index contributed by atoms with van der Waals surface area (Å²) in [5.41, 5.74) is 1.91. The van der Waals surface area contributed by atoms with Gasteiger partial charge >= 0.3 is 5.97 Å². The number of hydrogen-bond donors (Lipinski definition) is 1. The minimum absolute atomic E-state index is 0.191. The molecule has 21 heavy (non-hydrogen) atoms. The maximum Gasteiger partial charge on any atom is 0.337 e. The van der Waals surface area contributed by atoms with Gasteiger partial charge in [-0.15, -0.1) is 0 Å². The monoisotopic (exact) mass is 303 g/mol. The van der Waals surface area contributed by atoms with Gasteiger partial charge in [0.2, 0.25) is 0 Å². The summed E-state index contributed by atoms with van der Waals surface area (Å²) in [6.45, 7) is 0. The molecule has 0 aliphatic heterocycles. The van der Waals surface area contributed by atoms with Crippen LogP contribution in [-0.2, 0) is 7.05 Å². The number of benzene rings is 2. The lowest BCUT2D eigenvalue weighted by molar-refractivity contribution is 0.0699. The molecule has 1 heterocycles. The molecule has 2 aromatic carbocycles. The first-order chi connectivity index (χ1) is 9.97. The van der Waals surface area contributed by atoms with Crippen LogP contribution in [0.2, 0.25) is 5.02 Å². The highest BCUT2D eigenvalue weighted by molar-refractivity contribution is 6.30. The minimum Gasteiger partial charge on any atom is -0.478 e. The first-order valence-electron chi connectivity index (χ1n) is 6.25. The summed E-state index contributed by atoms with van der Waals surface area (Å²) in [5, 5.41) is 10.2. The number of halogens is 2. The van der Waals surface area contributed by atoms with Gasteiger partial charge in [0.1, 0.15) is 5.82 Å². The Morgan fingerprint density at radius 2 is 2.00 bits per heavy atom. The second-order valence-corrected chi connectivity index (χ2v) is 5.25. The van der Waals surface area contributed by atoms with E-state index in [1.54, 1.807) is 36.0 Å². The highest BCUT2D eigenvalue weighted by atomic mass is 35.5. The molecule has 3 nitrogen and oxygen atoms in total. The van der Waals surface area contributed by atoms with E-state index < -0.39 is 11.8 Å². The number of rotatable bonds is 2. The summed E-state index contributed by atoms with van der Waals surface area (Å²) < 4.78 is 15.7. The second-order valence-electron chi connectivity index (χ2n) is 4.81. The molecule has 0 atom stereocenters. The van der Waals surface area contributed by atoms with Crippen LogP contribution in [0.4, 0.5) is 4.39 Å². The highest BCUT2D eigenvalue weighted by Gasteiger charge is 2.14. The molecule has 0 bridgehead atoms. The molecular weight excluding hydrogens is 293 g/mol. The Hall–Kier alpha value is -2.33. The highest BCUT2D eigenvalue weighted by Crippen LogP contribution is 2.30. The van der Waals surface area contributed by atoms with Crippen LogP contribution in [0.25, 0.3) is 22.0 Å². The van der Waals surface area contributed by atoms with E-state index in [0.717, 1.165) is 5.52 Å². The smallest absolute Gasteiger partial charge is 0.337 e. The summed E-state index contributed by atoms with van der Waals surface area (Å²) in [6.07, 6.45) is 1.55. The summed E-state index contributed by atoms with van der Waals surface area (Å²) in [5.74, 6) is -1.41. The van der Waals surface area contributed by atoms with E-state index in [0.29, 0.717) is 21.5 Å². The topological polar surface area (TPSA) is 42.2 Å². The summed E-state index contributed by atoms with van der Waals surface area (Å²) in [6, 6.07) is 9.50. The van der Waals surface area contributed by atoms with Gasteiger partial charge in [-0.25, -0.2) is 9.18 Å². The molecule has 0 fully saturated rings. The molecule has 0 amide bonds. The molecule has 1 aromatic heterocycles.